The van der Waals surface area contributed by atoms with E-state index in [1.165, 1.54) is 12.1 Å². The molecule has 0 aliphatic rings. The molecule has 19 heavy (non-hydrogen) atoms. The second-order valence-corrected chi connectivity index (χ2v) is 4.97. The number of amides is 2. The normalized spacial score (nSPS) is 10.9. The number of nitrogens with one attached hydrogen (secondary N) is 2. The van der Waals surface area contributed by atoms with Gasteiger partial charge in [-0.05, 0) is 38.5 Å². The first-order chi connectivity index (χ1) is 8.75. The van der Waals surface area contributed by atoms with Crippen molar-refractivity contribution >= 4 is 17.5 Å². The SMILES string of the molecule is Cc1ccc(NC(=O)C(=O)NC(C)(C)CO)c(O)c1. The maximum absolute atomic E-state index is 11.6. The molecule has 0 fully saturated rings. The molecule has 1 rings (SSSR count). The lowest BCUT2D eigenvalue weighted by Gasteiger charge is -2.22. The number of phenols is 1. The predicted molar refractivity (Wildman–Crippen MR) is 70.8 cm³/mol. The van der Waals surface area contributed by atoms with Crippen LogP contribution in [0.3, 0.4) is 0 Å². The Bertz CT molecular complexity index is 497. The van der Waals surface area contributed by atoms with E-state index in [2.05, 4.69) is 10.6 Å². The van der Waals surface area contributed by atoms with E-state index < -0.39 is 17.4 Å². The topological polar surface area (TPSA) is 98.7 Å². The van der Waals surface area contributed by atoms with Crippen molar-refractivity contribution in [2.75, 3.05) is 11.9 Å². The van der Waals surface area contributed by atoms with Crippen LogP contribution in [0.5, 0.6) is 5.75 Å². The van der Waals surface area contributed by atoms with Crippen LogP contribution in [-0.2, 0) is 9.59 Å². The van der Waals surface area contributed by atoms with Gasteiger partial charge in [0.1, 0.15) is 5.75 Å². The molecule has 2 amide bonds. The first-order valence-electron chi connectivity index (χ1n) is 5.79. The Morgan fingerprint density at radius 3 is 2.42 bits per heavy atom. The number of benzene rings is 1. The fourth-order valence-electron chi connectivity index (χ4n) is 1.33. The minimum atomic E-state index is -0.902. The summed E-state index contributed by atoms with van der Waals surface area (Å²) in [6.45, 7) is 4.67. The first kappa shape index (κ1) is 15.0. The van der Waals surface area contributed by atoms with Crippen LogP contribution in [0.1, 0.15) is 19.4 Å². The third-order valence-corrected chi connectivity index (χ3v) is 2.45. The molecule has 0 saturated heterocycles. The van der Waals surface area contributed by atoms with Gasteiger partial charge in [-0.25, -0.2) is 0 Å². The molecule has 0 aliphatic carbocycles. The van der Waals surface area contributed by atoms with E-state index in [4.69, 9.17) is 5.11 Å². The average Bonchev–Trinajstić information content (AvgIpc) is 2.32. The van der Waals surface area contributed by atoms with Gasteiger partial charge in [-0.15, -0.1) is 0 Å². The standard InChI is InChI=1S/C13H18N2O4/c1-8-4-5-9(10(17)6-8)14-11(18)12(19)15-13(2,3)7-16/h4-6,16-17H,7H2,1-3H3,(H,14,18)(H,15,19). The minimum Gasteiger partial charge on any atom is -0.506 e. The third-order valence-electron chi connectivity index (χ3n) is 2.45. The third kappa shape index (κ3) is 4.26. The summed E-state index contributed by atoms with van der Waals surface area (Å²) in [4.78, 5) is 23.2. The summed E-state index contributed by atoms with van der Waals surface area (Å²) in [6.07, 6.45) is 0. The number of anilines is 1. The van der Waals surface area contributed by atoms with E-state index in [0.717, 1.165) is 5.56 Å². The fourth-order valence-corrected chi connectivity index (χ4v) is 1.33. The van der Waals surface area contributed by atoms with E-state index in [1.807, 2.05) is 0 Å². The van der Waals surface area contributed by atoms with Crippen molar-refractivity contribution in [1.29, 1.82) is 0 Å². The maximum atomic E-state index is 11.6. The molecule has 0 radical (unpaired) electrons. The van der Waals surface area contributed by atoms with Gasteiger partial charge in [0, 0.05) is 0 Å². The lowest BCUT2D eigenvalue weighted by atomic mass is 10.1. The Hall–Kier alpha value is -2.08. The summed E-state index contributed by atoms with van der Waals surface area (Å²) in [5.74, 6) is -1.89. The zero-order chi connectivity index (χ0) is 14.6. The van der Waals surface area contributed by atoms with Gasteiger partial charge in [-0.3, -0.25) is 9.59 Å². The van der Waals surface area contributed by atoms with Gasteiger partial charge in [-0.2, -0.15) is 0 Å². The van der Waals surface area contributed by atoms with Gasteiger partial charge in [0.15, 0.2) is 0 Å². The van der Waals surface area contributed by atoms with Crippen molar-refractivity contribution in [3.8, 4) is 5.75 Å². The molecular formula is C13H18N2O4. The van der Waals surface area contributed by atoms with Gasteiger partial charge in [-0.1, -0.05) is 6.07 Å². The van der Waals surface area contributed by atoms with Gasteiger partial charge < -0.3 is 20.8 Å². The van der Waals surface area contributed by atoms with Crippen molar-refractivity contribution < 1.29 is 19.8 Å². The van der Waals surface area contributed by atoms with Crippen LogP contribution in [-0.4, -0.2) is 34.2 Å². The van der Waals surface area contributed by atoms with E-state index >= 15 is 0 Å². The molecule has 0 aliphatic heterocycles. The number of hydrogen-bond acceptors (Lipinski definition) is 4. The largest absolute Gasteiger partial charge is 0.506 e. The molecule has 1 aromatic rings. The van der Waals surface area contributed by atoms with Crippen LogP contribution in [0.25, 0.3) is 0 Å². The molecular weight excluding hydrogens is 248 g/mol. The number of rotatable bonds is 3. The monoisotopic (exact) mass is 266 g/mol. The molecule has 0 heterocycles. The number of aromatic hydroxyl groups is 1. The van der Waals surface area contributed by atoms with E-state index in [-0.39, 0.29) is 18.0 Å². The minimum absolute atomic E-state index is 0.109. The van der Waals surface area contributed by atoms with E-state index in [9.17, 15) is 14.7 Å². The fraction of sp³-hybridized carbons (Fsp3) is 0.385. The molecule has 4 N–H and O–H groups in total. The number of aryl methyl sites for hydroxylation is 1. The summed E-state index contributed by atoms with van der Waals surface area (Å²) in [6, 6.07) is 4.68. The smallest absolute Gasteiger partial charge is 0.313 e. The number of carbonyl (C=O) groups is 2. The molecule has 0 saturated carbocycles. The Morgan fingerprint density at radius 2 is 1.89 bits per heavy atom. The molecule has 0 spiro atoms. The molecule has 6 heteroatoms. The van der Waals surface area contributed by atoms with Gasteiger partial charge in [0.25, 0.3) is 0 Å². The lowest BCUT2D eigenvalue weighted by molar-refractivity contribution is -0.137. The van der Waals surface area contributed by atoms with Crippen molar-refractivity contribution in [3.05, 3.63) is 23.8 Å². The van der Waals surface area contributed by atoms with Gasteiger partial charge in [0.2, 0.25) is 0 Å². The van der Waals surface area contributed by atoms with E-state index in [0.29, 0.717) is 0 Å². The quantitative estimate of drug-likeness (QED) is 0.473. The molecule has 1 aromatic carbocycles. The Balaban J connectivity index is 2.72. The second-order valence-electron chi connectivity index (χ2n) is 4.97. The van der Waals surface area contributed by atoms with Crippen molar-refractivity contribution in [3.63, 3.8) is 0 Å². The molecule has 0 bridgehead atoms. The van der Waals surface area contributed by atoms with Crippen LogP contribution >= 0.6 is 0 Å². The zero-order valence-corrected chi connectivity index (χ0v) is 11.2. The van der Waals surface area contributed by atoms with Crippen LogP contribution in [0.15, 0.2) is 18.2 Å². The zero-order valence-electron chi connectivity index (χ0n) is 11.2. The Kier molecular flexibility index (Phi) is 4.50. The summed E-state index contributed by atoms with van der Waals surface area (Å²) < 4.78 is 0. The van der Waals surface area contributed by atoms with Crippen LogP contribution in [0.4, 0.5) is 5.69 Å². The predicted octanol–water partition coefficient (Wildman–Crippen LogP) is 0.526. The maximum Gasteiger partial charge on any atom is 0.313 e. The highest BCUT2D eigenvalue weighted by atomic mass is 16.3. The van der Waals surface area contributed by atoms with Crippen LogP contribution < -0.4 is 10.6 Å². The molecule has 0 unspecified atom stereocenters. The summed E-state index contributed by atoms with van der Waals surface area (Å²) >= 11 is 0. The van der Waals surface area contributed by atoms with E-state index in [1.54, 1.807) is 26.8 Å². The van der Waals surface area contributed by atoms with Crippen molar-refractivity contribution in [1.82, 2.24) is 5.32 Å². The van der Waals surface area contributed by atoms with Gasteiger partial charge in [0.05, 0.1) is 17.8 Å². The number of aliphatic hydroxyl groups is 1. The highest BCUT2D eigenvalue weighted by Gasteiger charge is 2.24. The van der Waals surface area contributed by atoms with Crippen LogP contribution in [0, 0.1) is 6.92 Å². The number of aliphatic hydroxyl groups excluding tert-OH is 1. The summed E-state index contributed by atoms with van der Waals surface area (Å²) in [5, 5.41) is 23.3. The summed E-state index contributed by atoms with van der Waals surface area (Å²) in [7, 11) is 0. The number of hydrogen-bond donors (Lipinski definition) is 4. The van der Waals surface area contributed by atoms with Crippen molar-refractivity contribution in [2.24, 2.45) is 0 Å². The molecule has 0 aromatic heterocycles. The molecule has 6 nitrogen and oxygen atoms in total. The summed E-state index contributed by atoms with van der Waals surface area (Å²) in [5.41, 5.74) is 0.109. The first-order valence-corrected chi connectivity index (χ1v) is 5.79. The Labute approximate surface area is 111 Å². The lowest BCUT2D eigenvalue weighted by Crippen LogP contribution is -2.50. The highest BCUT2D eigenvalue weighted by molar-refractivity contribution is 6.39. The average molecular weight is 266 g/mol. The number of carbonyl (C=O) groups excluding carboxylic acids is 2. The Morgan fingerprint density at radius 1 is 1.26 bits per heavy atom. The molecule has 104 valence electrons. The number of phenolic OH excluding ortho intramolecular Hbond substituents is 1. The van der Waals surface area contributed by atoms with Crippen molar-refractivity contribution in [2.45, 2.75) is 26.3 Å². The van der Waals surface area contributed by atoms with Gasteiger partial charge >= 0.3 is 11.8 Å². The second kappa shape index (κ2) is 5.71. The highest BCUT2D eigenvalue weighted by Crippen LogP contribution is 2.23. The van der Waals surface area contributed by atoms with Crippen LogP contribution in [0.2, 0.25) is 0 Å². The molecule has 0 atom stereocenters.